The Morgan fingerprint density at radius 1 is 1.16 bits per heavy atom. The van der Waals surface area contributed by atoms with Crippen molar-refractivity contribution >= 4 is 35.0 Å². The van der Waals surface area contributed by atoms with Crippen LogP contribution in [-0.4, -0.2) is 61.4 Å². The molecule has 0 atom stereocenters. The summed E-state index contributed by atoms with van der Waals surface area (Å²) < 4.78 is 0. The molecule has 1 saturated heterocycles. The Morgan fingerprint density at radius 2 is 1.84 bits per heavy atom. The van der Waals surface area contributed by atoms with E-state index in [1.54, 1.807) is 12.1 Å². The van der Waals surface area contributed by atoms with Crippen LogP contribution in [0.4, 0.5) is 0 Å². The molecule has 2 fully saturated rings. The number of likely N-dealkylation sites (N-methyl/N-ethyl adjacent to an activating group) is 1. The maximum absolute atomic E-state index is 12.8. The third kappa shape index (κ3) is 4.10. The minimum atomic E-state index is -0.834. The van der Waals surface area contributed by atoms with E-state index in [0.29, 0.717) is 48.9 Å². The van der Waals surface area contributed by atoms with Gasteiger partial charge in [0, 0.05) is 42.8 Å². The zero-order valence-electron chi connectivity index (χ0n) is 14.4. The Bertz CT molecular complexity index is 668. The van der Waals surface area contributed by atoms with Gasteiger partial charge in [0.2, 0.25) is 11.8 Å². The van der Waals surface area contributed by atoms with E-state index in [0.717, 1.165) is 18.7 Å². The molecule has 5 nitrogen and oxygen atoms in total. The van der Waals surface area contributed by atoms with Gasteiger partial charge in [-0.15, -0.1) is 0 Å². The van der Waals surface area contributed by atoms with Gasteiger partial charge < -0.3 is 15.1 Å². The molecule has 0 bridgehead atoms. The van der Waals surface area contributed by atoms with E-state index in [-0.39, 0.29) is 11.8 Å². The van der Waals surface area contributed by atoms with Crippen molar-refractivity contribution in [3.8, 4) is 0 Å². The highest BCUT2D eigenvalue weighted by molar-refractivity contribution is 6.35. The molecule has 1 aromatic carbocycles. The van der Waals surface area contributed by atoms with Gasteiger partial charge in [0.25, 0.3) is 0 Å². The largest absolute Gasteiger partial charge is 0.355 e. The van der Waals surface area contributed by atoms with E-state index in [9.17, 15) is 9.59 Å². The minimum Gasteiger partial charge on any atom is -0.355 e. The molecular formula is C18H23Cl2N3O2. The third-order valence-corrected chi connectivity index (χ3v) is 5.67. The lowest BCUT2D eigenvalue weighted by atomic mass is 10.0. The molecular weight excluding hydrogens is 361 g/mol. The van der Waals surface area contributed by atoms with Gasteiger partial charge in [-0.25, -0.2) is 0 Å². The summed E-state index contributed by atoms with van der Waals surface area (Å²) in [6.07, 6.45) is 1.90. The number of rotatable bonds is 5. The van der Waals surface area contributed by atoms with Crippen molar-refractivity contribution in [3.63, 3.8) is 0 Å². The smallest absolute Gasteiger partial charge is 0.238 e. The molecule has 2 amide bonds. The molecule has 1 aliphatic carbocycles. The van der Waals surface area contributed by atoms with Crippen molar-refractivity contribution in [3.05, 3.63) is 33.8 Å². The summed E-state index contributed by atoms with van der Waals surface area (Å²) in [6.45, 7) is 3.57. The first-order valence-corrected chi connectivity index (χ1v) is 9.38. The molecule has 7 heteroatoms. The van der Waals surface area contributed by atoms with Gasteiger partial charge in [-0.05, 0) is 44.0 Å². The molecule has 0 spiro atoms. The number of amides is 2. The van der Waals surface area contributed by atoms with Crippen LogP contribution in [0, 0.1) is 5.41 Å². The van der Waals surface area contributed by atoms with Gasteiger partial charge in [-0.1, -0.05) is 29.3 Å². The van der Waals surface area contributed by atoms with E-state index in [4.69, 9.17) is 23.2 Å². The van der Waals surface area contributed by atoms with Crippen LogP contribution in [0.5, 0.6) is 0 Å². The van der Waals surface area contributed by atoms with Gasteiger partial charge in [-0.3, -0.25) is 9.59 Å². The van der Waals surface area contributed by atoms with Crippen LogP contribution in [0.2, 0.25) is 10.0 Å². The molecule has 1 saturated carbocycles. The minimum absolute atomic E-state index is 0.0115. The molecule has 1 N–H and O–H groups in total. The highest BCUT2D eigenvalue weighted by Crippen LogP contribution is 2.47. The summed E-state index contributed by atoms with van der Waals surface area (Å²) in [7, 11) is 2.04. The van der Waals surface area contributed by atoms with E-state index in [2.05, 4.69) is 10.2 Å². The number of hydrogen-bond acceptors (Lipinski definition) is 3. The van der Waals surface area contributed by atoms with Gasteiger partial charge in [-0.2, -0.15) is 0 Å². The van der Waals surface area contributed by atoms with Crippen LogP contribution < -0.4 is 5.32 Å². The summed E-state index contributed by atoms with van der Waals surface area (Å²) in [5, 5.41) is 4.10. The zero-order valence-corrected chi connectivity index (χ0v) is 15.9. The fourth-order valence-electron chi connectivity index (χ4n) is 3.18. The molecule has 25 heavy (non-hydrogen) atoms. The van der Waals surface area contributed by atoms with Crippen LogP contribution in [0.25, 0.3) is 0 Å². The fraction of sp³-hybridized carbons (Fsp3) is 0.556. The second kappa shape index (κ2) is 7.52. The fourth-order valence-corrected chi connectivity index (χ4v) is 3.68. The maximum atomic E-state index is 12.8. The van der Waals surface area contributed by atoms with Crippen LogP contribution in [-0.2, 0) is 16.0 Å². The molecule has 136 valence electrons. The first-order chi connectivity index (χ1) is 11.9. The van der Waals surface area contributed by atoms with Gasteiger partial charge in [0.05, 0.1) is 0 Å². The van der Waals surface area contributed by atoms with Gasteiger partial charge in [0.15, 0.2) is 0 Å². The monoisotopic (exact) mass is 383 g/mol. The number of carbonyl (C=O) groups excluding carboxylic acids is 2. The Morgan fingerprint density at radius 3 is 2.44 bits per heavy atom. The number of nitrogens with one attached hydrogen (secondary N) is 1. The number of hydrogen-bond donors (Lipinski definition) is 1. The number of carbonyl (C=O) groups is 2. The SMILES string of the molecule is CN1CCN(C(=O)C2(C(=O)NCCc3ccc(Cl)cc3Cl)CC2)CC1. The number of piperazine rings is 1. The Labute approximate surface area is 158 Å². The Kier molecular flexibility index (Phi) is 5.56. The first kappa shape index (κ1) is 18.5. The van der Waals surface area contributed by atoms with Crippen molar-refractivity contribution in [1.29, 1.82) is 0 Å². The van der Waals surface area contributed by atoms with Crippen molar-refractivity contribution in [2.45, 2.75) is 19.3 Å². The average Bonchev–Trinajstić information content (AvgIpc) is 3.39. The van der Waals surface area contributed by atoms with Crippen LogP contribution in [0.15, 0.2) is 18.2 Å². The highest BCUT2D eigenvalue weighted by atomic mass is 35.5. The number of nitrogens with zero attached hydrogens (tertiary/aromatic N) is 2. The summed E-state index contributed by atoms with van der Waals surface area (Å²) in [5.41, 5.74) is 0.0984. The van der Waals surface area contributed by atoms with E-state index < -0.39 is 5.41 Å². The normalized spacial score (nSPS) is 19.6. The predicted octanol–water partition coefficient (Wildman–Crippen LogP) is 2.21. The second-order valence-corrected chi connectivity index (χ2v) is 7.76. The quantitative estimate of drug-likeness (QED) is 0.792. The molecule has 0 unspecified atom stereocenters. The van der Waals surface area contributed by atoms with E-state index in [1.807, 2.05) is 18.0 Å². The Balaban J connectivity index is 1.53. The van der Waals surface area contributed by atoms with E-state index >= 15 is 0 Å². The van der Waals surface area contributed by atoms with Gasteiger partial charge in [0.1, 0.15) is 5.41 Å². The van der Waals surface area contributed by atoms with Crippen LogP contribution in [0.1, 0.15) is 18.4 Å². The standard InChI is InChI=1S/C18H23Cl2N3O2/c1-22-8-10-23(11-9-22)17(25)18(5-6-18)16(24)21-7-4-13-2-3-14(19)12-15(13)20/h2-3,12H,4-11H2,1H3,(H,21,24). The highest BCUT2D eigenvalue weighted by Gasteiger charge is 2.57. The Hall–Kier alpha value is -1.30. The lowest BCUT2D eigenvalue weighted by Gasteiger charge is -2.34. The number of benzene rings is 1. The molecule has 0 aromatic heterocycles. The summed E-state index contributed by atoms with van der Waals surface area (Å²) >= 11 is 12.0. The molecule has 1 aromatic rings. The third-order valence-electron chi connectivity index (χ3n) is 5.08. The summed E-state index contributed by atoms with van der Waals surface area (Å²) in [4.78, 5) is 29.4. The first-order valence-electron chi connectivity index (χ1n) is 8.62. The lowest BCUT2D eigenvalue weighted by Crippen LogP contribution is -2.52. The van der Waals surface area contributed by atoms with Crippen LogP contribution in [0.3, 0.4) is 0 Å². The topological polar surface area (TPSA) is 52.7 Å². The van der Waals surface area contributed by atoms with Crippen molar-refractivity contribution in [1.82, 2.24) is 15.1 Å². The van der Waals surface area contributed by atoms with Crippen LogP contribution >= 0.6 is 23.2 Å². The maximum Gasteiger partial charge on any atom is 0.238 e. The average molecular weight is 384 g/mol. The van der Waals surface area contributed by atoms with Gasteiger partial charge >= 0.3 is 0 Å². The summed E-state index contributed by atoms with van der Waals surface area (Å²) in [5.74, 6) is -0.163. The predicted molar refractivity (Wildman–Crippen MR) is 98.9 cm³/mol. The number of halogens is 2. The zero-order chi connectivity index (χ0) is 18.0. The van der Waals surface area contributed by atoms with Crippen molar-refractivity contribution in [2.75, 3.05) is 39.8 Å². The lowest BCUT2D eigenvalue weighted by molar-refractivity contribution is -0.145. The second-order valence-electron chi connectivity index (χ2n) is 6.92. The molecule has 1 aliphatic heterocycles. The molecule has 1 heterocycles. The molecule has 0 radical (unpaired) electrons. The van der Waals surface area contributed by atoms with Crippen molar-refractivity contribution in [2.24, 2.45) is 5.41 Å². The molecule has 2 aliphatic rings. The van der Waals surface area contributed by atoms with E-state index in [1.165, 1.54) is 0 Å². The van der Waals surface area contributed by atoms with Crippen molar-refractivity contribution < 1.29 is 9.59 Å². The molecule has 3 rings (SSSR count). The summed E-state index contributed by atoms with van der Waals surface area (Å²) in [6, 6.07) is 5.34.